The number of aromatic amines is 2. The van der Waals surface area contributed by atoms with Crippen molar-refractivity contribution in [2.24, 2.45) is 0 Å². The van der Waals surface area contributed by atoms with Gasteiger partial charge in [0.15, 0.2) is 0 Å². The first-order valence-corrected chi connectivity index (χ1v) is 9.34. The van der Waals surface area contributed by atoms with Gasteiger partial charge in [-0.3, -0.25) is 9.89 Å². The summed E-state index contributed by atoms with van der Waals surface area (Å²) in [6.45, 7) is 5.60. The van der Waals surface area contributed by atoms with E-state index in [2.05, 4.69) is 15.2 Å². The Morgan fingerprint density at radius 1 is 1.31 bits per heavy atom. The number of para-hydroxylation sites is 2. The van der Waals surface area contributed by atoms with E-state index in [9.17, 15) is 4.79 Å². The molecule has 1 atom stereocenters. The summed E-state index contributed by atoms with van der Waals surface area (Å²) in [6, 6.07) is 8.09. The van der Waals surface area contributed by atoms with Crippen molar-refractivity contribution in [2.45, 2.75) is 45.4 Å². The van der Waals surface area contributed by atoms with Crippen molar-refractivity contribution in [3.8, 4) is 0 Å². The second-order valence-corrected chi connectivity index (χ2v) is 7.23. The van der Waals surface area contributed by atoms with Crippen LogP contribution in [0.3, 0.4) is 0 Å². The molecule has 1 saturated heterocycles. The minimum Gasteiger partial charge on any atom is -0.342 e. The monoisotopic (exact) mass is 351 g/mol. The number of H-pyrrole nitrogens is 2. The highest BCUT2D eigenvalue weighted by Gasteiger charge is 2.26. The number of nitrogens with zero attached hydrogens (tertiary/aromatic N) is 3. The SMILES string of the molecule is Cc1n[nH]c(C)c1CCC(=O)N1CCC[C@@H](c2nc3ccccc3[nH]2)C1. The number of carbonyl (C=O) groups is 1. The van der Waals surface area contributed by atoms with Crippen LogP contribution < -0.4 is 0 Å². The molecule has 0 radical (unpaired) electrons. The summed E-state index contributed by atoms with van der Waals surface area (Å²) in [6.07, 6.45) is 3.38. The summed E-state index contributed by atoms with van der Waals surface area (Å²) >= 11 is 0. The van der Waals surface area contributed by atoms with Crippen LogP contribution in [0.4, 0.5) is 0 Å². The predicted octanol–water partition coefficient (Wildman–Crippen LogP) is 3.24. The maximum atomic E-state index is 12.7. The first-order chi connectivity index (χ1) is 12.6. The lowest BCUT2D eigenvalue weighted by Crippen LogP contribution is -2.39. The number of hydrogen-bond acceptors (Lipinski definition) is 3. The van der Waals surface area contributed by atoms with Gasteiger partial charge in [-0.05, 0) is 50.8 Å². The van der Waals surface area contributed by atoms with Crippen LogP contribution in [0, 0.1) is 13.8 Å². The highest BCUT2D eigenvalue weighted by atomic mass is 16.2. The van der Waals surface area contributed by atoms with E-state index in [1.54, 1.807) is 0 Å². The minimum atomic E-state index is 0.228. The third-order valence-corrected chi connectivity index (χ3v) is 5.44. The number of fused-ring (bicyclic) bond motifs is 1. The Labute approximate surface area is 153 Å². The molecule has 6 heteroatoms. The number of rotatable bonds is 4. The van der Waals surface area contributed by atoms with Crippen LogP contribution in [0.2, 0.25) is 0 Å². The van der Waals surface area contributed by atoms with Crippen LogP contribution in [-0.2, 0) is 11.2 Å². The number of likely N-dealkylation sites (tertiary alicyclic amines) is 1. The Kier molecular flexibility index (Phi) is 4.49. The lowest BCUT2D eigenvalue weighted by atomic mass is 9.96. The molecule has 1 fully saturated rings. The number of aryl methyl sites for hydroxylation is 2. The second kappa shape index (κ2) is 6.94. The van der Waals surface area contributed by atoms with Gasteiger partial charge in [-0.1, -0.05) is 12.1 Å². The molecule has 1 amide bonds. The zero-order valence-electron chi connectivity index (χ0n) is 15.4. The number of benzene rings is 1. The molecule has 2 aromatic heterocycles. The van der Waals surface area contributed by atoms with Gasteiger partial charge in [0.25, 0.3) is 0 Å². The van der Waals surface area contributed by atoms with Crippen LogP contribution in [0.1, 0.15) is 48.0 Å². The van der Waals surface area contributed by atoms with Gasteiger partial charge < -0.3 is 9.88 Å². The van der Waals surface area contributed by atoms with E-state index in [0.29, 0.717) is 6.42 Å². The molecular weight excluding hydrogens is 326 g/mol. The normalized spacial score (nSPS) is 17.8. The summed E-state index contributed by atoms with van der Waals surface area (Å²) in [5.74, 6) is 1.52. The van der Waals surface area contributed by atoms with E-state index in [4.69, 9.17) is 4.98 Å². The molecule has 1 aliphatic heterocycles. The maximum Gasteiger partial charge on any atom is 0.222 e. The molecule has 4 rings (SSSR count). The fourth-order valence-corrected chi connectivity index (χ4v) is 3.93. The Bertz CT molecular complexity index is 873. The van der Waals surface area contributed by atoms with Gasteiger partial charge in [0.1, 0.15) is 5.82 Å². The lowest BCUT2D eigenvalue weighted by Gasteiger charge is -2.32. The highest BCUT2D eigenvalue weighted by Crippen LogP contribution is 2.27. The van der Waals surface area contributed by atoms with E-state index in [1.807, 2.05) is 43.0 Å². The van der Waals surface area contributed by atoms with Crippen molar-refractivity contribution in [1.29, 1.82) is 0 Å². The molecule has 1 aliphatic rings. The first kappa shape index (κ1) is 16.8. The lowest BCUT2D eigenvalue weighted by molar-refractivity contribution is -0.132. The van der Waals surface area contributed by atoms with Crippen molar-refractivity contribution in [2.75, 3.05) is 13.1 Å². The predicted molar refractivity (Wildman–Crippen MR) is 101 cm³/mol. The number of piperidine rings is 1. The van der Waals surface area contributed by atoms with Gasteiger partial charge in [0, 0.05) is 31.1 Å². The number of aromatic nitrogens is 4. The standard InChI is InChI=1S/C20H25N5O/c1-13-16(14(2)24-23-13)9-10-19(26)25-11-5-6-15(12-25)20-21-17-7-3-4-8-18(17)22-20/h3-4,7-8,15H,5-6,9-12H2,1-2H3,(H,21,22)(H,23,24)/t15-/m1/s1. The number of nitrogens with one attached hydrogen (secondary N) is 2. The van der Waals surface area contributed by atoms with Crippen molar-refractivity contribution >= 4 is 16.9 Å². The largest absolute Gasteiger partial charge is 0.342 e. The third kappa shape index (κ3) is 3.23. The van der Waals surface area contributed by atoms with Gasteiger partial charge in [0.05, 0.1) is 16.7 Å². The van der Waals surface area contributed by atoms with Gasteiger partial charge in [-0.25, -0.2) is 4.98 Å². The van der Waals surface area contributed by atoms with E-state index >= 15 is 0 Å². The fourth-order valence-electron chi connectivity index (χ4n) is 3.93. The molecule has 2 N–H and O–H groups in total. The van der Waals surface area contributed by atoms with E-state index in [1.165, 1.54) is 5.56 Å². The highest BCUT2D eigenvalue weighted by molar-refractivity contribution is 5.77. The second-order valence-electron chi connectivity index (χ2n) is 7.23. The number of hydrogen-bond donors (Lipinski definition) is 2. The Hall–Kier alpha value is -2.63. The number of amides is 1. The van der Waals surface area contributed by atoms with Gasteiger partial charge in [0.2, 0.25) is 5.91 Å². The molecule has 3 aromatic rings. The van der Waals surface area contributed by atoms with Crippen LogP contribution in [0.15, 0.2) is 24.3 Å². The quantitative estimate of drug-likeness (QED) is 0.757. The zero-order chi connectivity index (χ0) is 18.1. The zero-order valence-corrected chi connectivity index (χ0v) is 15.4. The molecule has 0 unspecified atom stereocenters. The summed E-state index contributed by atoms with van der Waals surface area (Å²) in [5, 5.41) is 7.21. The molecule has 0 aliphatic carbocycles. The summed E-state index contributed by atoms with van der Waals surface area (Å²) in [5.41, 5.74) is 5.29. The van der Waals surface area contributed by atoms with Crippen LogP contribution in [-0.4, -0.2) is 44.1 Å². The smallest absolute Gasteiger partial charge is 0.222 e. The average molecular weight is 351 g/mol. The average Bonchev–Trinajstić information content (AvgIpc) is 3.23. The Balaban J connectivity index is 1.42. The molecule has 3 heterocycles. The van der Waals surface area contributed by atoms with Crippen LogP contribution in [0.25, 0.3) is 11.0 Å². The molecule has 6 nitrogen and oxygen atoms in total. The molecule has 1 aromatic carbocycles. The van der Waals surface area contributed by atoms with E-state index < -0.39 is 0 Å². The molecule has 26 heavy (non-hydrogen) atoms. The summed E-state index contributed by atoms with van der Waals surface area (Å²) < 4.78 is 0. The summed E-state index contributed by atoms with van der Waals surface area (Å²) in [7, 11) is 0. The minimum absolute atomic E-state index is 0.228. The van der Waals surface area contributed by atoms with Crippen molar-refractivity contribution < 1.29 is 4.79 Å². The molecule has 0 saturated carbocycles. The van der Waals surface area contributed by atoms with Crippen molar-refractivity contribution in [1.82, 2.24) is 25.1 Å². The number of imidazole rings is 1. The van der Waals surface area contributed by atoms with Crippen molar-refractivity contribution in [3.63, 3.8) is 0 Å². The van der Waals surface area contributed by atoms with Crippen molar-refractivity contribution in [3.05, 3.63) is 47.0 Å². The molecule has 136 valence electrons. The van der Waals surface area contributed by atoms with E-state index in [0.717, 1.165) is 60.6 Å². The number of carbonyl (C=O) groups excluding carboxylic acids is 1. The van der Waals surface area contributed by atoms with Gasteiger partial charge in [-0.2, -0.15) is 5.10 Å². The van der Waals surface area contributed by atoms with Gasteiger partial charge >= 0.3 is 0 Å². The third-order valence-electron chi connectivity index (χ3n) is 5.44. The topological polar surface area (TPSA) is 77.7 Å². The first-order valence-electron chi connectivity index (χ1n) is 9.34. The Morgan fingerprint density at radius 3 is 2.92 bits per heavy atom. The van der Waals surface area contributed by atoms with Gasteiger partial charge in [-0.15, -0.1) is 0 Å². The van der Waals surface area contributed by atoms with Crippen LogP contribution >= 0.6 is 0 Å². The fraction of sp³-hybridized carbons (Fsp3) is 0.450. The van der Waals surface area contributed by atoms with Crippen LogP contribution in [0.5, 0.6) is 0 Å². The maximum absolute atomic E-state index is 12.7. The Morgan fingerprint density at radius 2 is 2.15 bits per heavy atom. The molecule has 0 spiro atoms. The van der Waals surface area contributed by atoms with E-state index in [-0.39, 0.29) is 11.8 Å². The molecule has 0 bridgehead atoms. The molecular formula is C20H25N5O. The summed E-state index contributed by atoms with van der Waals surface area (Å²) in [4.78, 5) is 22.9.